The van der Waals surface area contributed by atoms with Crippen LogP contribution in [0, 0.1) is 28.6 Å². The first-order valence-corrected chi connectivity index (χ1v) is 8.70. The third-order valence-corrected chi connectivity index (χ3v) is 7.30. The maximum Gasteiger partial charge on any atom is 0.214 e. The SMILES string of the molecule is C=C1C[C@@H]2[C@H](CC[C@]3(C)C(=O)C(F)C[C@@H]23)[C@@]2(C)C=CC(=O)C(F)=C12. The molecule has 4 rings (SSSR count). The Morgan fingerprint density at radius 3 is 2.67 bits per heavy atom. The van der Waals surface area contributed by atoms with Crippen molar-refractivity contribution < 1.29 is 18.4 Å². The van der Waals surface area contributed by atoms with Crippen molar-refractivity contribution in [2.45, 2.75) is 45.7 Å². The minimum atomic E-state index is -1.38. The molecule has 0 aromatic heterocycles. The number of fused-ring (bicyclic) bond motifs is 5. The van der Waals surface area contributed by atoms with Gasteiger partial charge in [0.15, 0.2) is 17.8 Å². The second-order valence-corrected chi connectivity index (χ2v) is 8.38. The van der Waals surface area contributed by atoms with Crippen LogP contribution in [0.1, 0.15) is 39.5 Å². The molecule has 0 heterocycles. The van der Waals surface area contributed by atoms with Gasteiger partial charge in [-0.25, -0.2) is 8.78 Å². The summed E-state index contributed by atoms with van der Waals surface area (Å²) >= 11 is 0. The maximum absolute atomic E-state index is 14.5. The highest BCUT2D eigenvalue weighted by atomic mass is 19.1. The summed E-state index contributed by atoms with van der Waals surface area (Å²) in [7, 11) is 0. The molecule has 0 amide bonds. The molecule has 3 saturated carbocycles. The number of hydrogen-bond acceptors (Lipinski definition) is 2. The number of hydrogen-bond donors (Lipinski definition) is 0. The van der Waals surface area contributed by atoms with Crippen LogP contribution in [0.2, 0.25) is 0 Å². The van der Waals surface area contributed by atoms with Crippen molar-refractivity contribution >= 4 is 11.6 Å². The number of ketones is 2. The Hall–Kier alpha value is -1.58. The Morgan fingerprint density at radius 2 is 1.96 bits per heavy atom. The van der Waals surface area contributed by atoms with Crippen LogP contribution in [0.4, 0.5) is 8.78 Å². The molecule has 4 aliphatic rings. The Labute approximate surface area is 140 Å². The van der Waals surface area contributed by atoms with E-state index < -0.39 is 28.6 Å². The maximum atomic E-state index is 14.5. The van der Waals surface area contributed by atoms with E-state index in [1.54, 1.807) is 0 Å². The Balaban J connectivity index is 1.80. The second kappa shape index (κ2) is 4.74. The molecule has 3 fully saturated rings. The molecular formula is C20H22F2O2. The van der Waals surface area contributed by atoms with Crippen LogP contribution in [0.25, 0.3) is 0 Å². The quantitative estimate of drug-likeness (QED) is 0.664. The molecule has 1 unspecified atom stereocenters. The molecular weight excluding hydrogens is 310 g/mol. The zero-order chi connectivity index (χ0) is 17.4. The Bertz CT molecular complexity index is 734. The number of halogens is 2. The van der Waals surface area contributed by atoms with Gasteiger partial charge in [0.05, 0.1) is 0 Å². The summed E-state index contributed by atoms with van der Waals surface area (Å²) in [5.41, 5.74) is -0.129. The third kappa shape index (κ3) is 1.75. The predicted molar refractivity (Wildman–Crippen MR) is 86.5 cm³/mol. The van der Waals surface area contributed by atoms with Gasteiger partial charge < -0.3 is 0 Å². The van der Waals surface area contributed by atoms with E-state index >= 15 is 0 Å². The van der Waals surface area contributed by atoms with E-state index in [0.717, 1.165) is 6.42 Å². The van der Waals surface area contributed by atoms with E-state index in [1.807, 2.05) is 19.9 Å². The lowest BCUT2D eigenvalue weighted by molar-refractivity contribution is -0.134. The van der Waals surface area contributed by atoms with Gasteiger partial charge in [0.25, 0.3) is 0 Å². The highest BCUT2D eigenvalue weighted by Gasteiger charge is 2.62. The van der Waals surface area contributed by atoms with Gasteiger partial charge in [0.1, 0.15) is 0 Å². The van der Waals surface area contributed by atoms with Crippen molar-refractivity contribution in [3.63, 3.8) is 0 Å². The molecule has 0 bridgehead atoms. The molecule has 4 aliphatic carbocycles. The largest absolute Gasteiger partial charge is 0.296 e. The molecule has 0 saturated heterocycles. The number of rotatable bonds is 0. The molecule has 0 N–H and O–H groups in total. The standard InChI is InChI=1S/C20H22F2O2/c1-10-8-11-12(19(2)7-5-15(23)17(22)16(10)19)4-6-20(3)13(11)9-14(21)18(20)24/h5,7,11-14H,1,4,6,8-9H2,2-3H3/t11-,12+,13+,14?,19-,20+/m1/s1. The van der Waals surface area contributed by atoms with Gasteiger partial charge in [-0.1, -0.05) is 26.5 Å². The lowest BCUT2D eigenvalue weighted by Crippen LogP contribution is -2.50. The normalized spacial score (nSPS) is 47.6. The van der Waals surface area contributed by atoms with Crippen LogP contribution in [0.3, 0.4) is 0 Å². The van der Waals surface area contributed by atoms with E-state index in [9.17, 15) is 18.4 Å². The monoisotopic (exact) mass is 332 g/mol. The molecule has 0 aromatic carbocycles. The number of allylic oxidation sites excluding steroid dienone is 5. The topological polar surface area (TPSA) is 34.1 Å². The van der Waals surface area contributed by atoms with E-state index in [2.05, 4.69) is 6.58 Å². The summed E-state index contributed by atoms with van der Waals surface area (Å²) < 4.78 is 28.7. The van der Waals surface area contributed by atoms with Crippen molar-refractivity contribution in [2.75, 3.05) is 0 Å². The summed E-state index contributed by atoms with van der Waals surface area (Å²) in [6.07, 6.45) is 3.94. The average Bonchev–Trinajstić information content (AvgIpc) is 2.75. The fraction of sp³-hybridized carbons (Fsp3) is 0.600. The minimum Gasteiger partial charge on any atom is -0.296 e. The fourth-order valence-corrected chi connectivity index (χ4v) is 6.06. The first-order chi connectivity index (χ1) is 11.2. The Morgan fingerprint density at radius 1 is 1.25 bits per heavy atom. The van der Waals surface area contributed by atoms with Gasteiger partial charge in [-0.3, -0.25) is 9.59 Å². The molecule has 0 aliphatic heterocycles. The second-order valence-electron chi connectivity index (χ2n) is 8.38. The van der Waals surface area contributed by atoms with Crippen LogP contribution >= 0.6 is 0 Å². The first-order valence-electron chi connectivity index (χ1n) is 8.70. The highest BCUT2D eigenvalue weighted by Crippen LogP contribution is 2.65. The zero-order valence-electron chi connectivity index (χ0n) is 14.1. The van der Waals surface area contributed by atoms with Crippen molar-refractivity contribution in [2.24, 2.45) is 28.6 Å². The van der Waals surface area contributed by atoms with Crippen molar-refractivity contribution in [1.29, 1.82) is 0 Å². The van der Waals surface area contributed by atoms with Crippen LogP contribution in [0.15, 0.2) is 35.7 Å². The van der Waals surface area contributed by atoms with Gasteiger partial charge >= 0.3 is 0 Å². The lowest BCUT2D eigenvalue weighted by Gasteiger charge is -2.55. The summed E-state index contributed by atoms with van der Waals surface area (Å²) in [6, 6.07) is 0. The van der Waals surface area contributed by atoms with E-state index in [-0.39, 0.29) is 30.0 Å². The molecule has 2 nitrogen and oxygen atoms in total. The molecule has 128 valence electrons. The summed E-state index contributed by atoms with van der Waals surface area (Å²) in [6.45, 7) is 7.89. The number of carbonyl (C=O) groups excluding carboxylic acids is 2. The summed E-state index contributed by atoms with van der Waals surface area (Å²) in [5.74, 6) is -1.35. The zero-order valence-corrected chi connectivity index (χ0v) is 14.1. The lowest BCUT2D eigenvalue weighted by atomic mass is 9.47. The van der Waals surface area contributed by atoms with Crippen molar-refractivity contribution in [1.82, 2.24) is 0 Å². The van der Waals surface area contributed by atoms with Crippen LogP contribution < -0.4 is 0 Å². The smallest absolute Gasteiger partial charge is 0.214 e. The van der Waals surface area contributed by atoms with Crippen LogP contribution in [-0.2, 0) is 9.59 Å². The van der Waals surface area contributed by atoms with Gasteiger partial charge in [0.2, 0.25) is 5.78 Å². The first kappa shape index (κ1) is 15.9. The van der Waals surface area contributed by atoms with Crippen LogP contribution in [0.5, 0.6) is 0 Å². The minimum absolute atomic E-state index is 0.0250. The molecule has 0 radical (unpaired) electrons. The van der Waals surface area contributed by atoms with Crippen LogP contribution in [-0.4, -0.2) is 17.7 Å². The fourth-order valence-electron chi connectivity index (χ4n) is 6.06. The van der Waals surface area contributed by atoms with Gasteiger partial charge in [-0.05, 0) is 55.1 Å². The summed E-state index contributed by atoms with van der Waals surface area (Å²) in [5, 5.41) is 0. The van der Waals surface area contributed by atoms with Gasteiger partial charge in [-0.15, -0.1) is 0 Å². The third-order valence-electron chi connectivity index (χ3n) is 7.30. The van der Waals surface area contributed by atoms with E-state index in [4.69, 9.17) is 0 Å². The summed E-state index contributed by atoms with van der Waals surface area (Å²) in [4.78, 5) is 24.1. The number of carbonyl (C=O) groups is 2. The predicted octanol–water partition coefficient (Wildman–Crippen LogP) is 4.27. The highest BCUT2D eigenvalue weighted by molar-refractivity contribution is 6.05. The molecule has 24 heavy (non-hydrogen) atoms. The molecule has 0 aromatic rings. The van der Waals surface area contributed by atoms with E-state index in [0.29, 0.717) is 24.0 Å². The number of alkyl halides is 1. The molecule has 6 atom stereocenters. The number of Topliss-reactive ketones (excluding diaryl/α,β-unsaturated/α-hetero) is 1. The Kier molecular flexibility index (Phi) is 3.14. The van der Waals surface area contributed by atoms with Gasteiger partial charge in [0, 0.05) is 16.4 Å². The van der Waals surface area contributed by atoms with E-state index in [1.165, 1.54) is 6.08 Å². The molecule has 4 heteroatoms. The van der Waals surface area contributed by atoms with Gasteiger partial charge in [-0.2, -0.15) is 0 Å². The molecule has 0 spiro atoms. The van der Waals surface area contributed by atoms with Crippen molar-refractivity contribution in [3.8, 4) is 0 Å². The average molecular weight is 332 g/mol. The van der Waals surface area contributed by atoms with Crippen molar-refractivity contribution in [3.05, 3.63) is 35.7 Å².